The molecule has 3 fully saturated rings. The molecular formula is C20H24F3N5O2. The molecule has 4 atom stereocenters. The average Bonchev–Trinajstić information content (AvgIpc) is 3.23. The molecule has 0 aromatic heterocycles. The highest BCUT2D eigenvalue weighted by atomic mass is 19.4. The first-order valence-electron chi connectivity index (χ1n) is 10.1. The van der Waals surface area contributed by atoms with Gasteiger partial charge < -0.3 is 10.1 Å². The van der Waals surface area contributed by atoms with Gasteiger partial charge in [-0.2, -0.15) is 13.2 Å². The fourth-order valence-corrected chi connectivity index (χ4v) is 4.87. The van der Waals surface area contributed by atoms with Gasteiger partial charge >= 0.3 is 6.18 Å². The smallest absolute Gasteiger partial charge is 0.372 e. The highest BCUT2D eigenvalue weighted by Crippen LogP contribution is 2.36. The highest BCUT2D eigenvalue weighted by Gasteiger charge is 2.43. The summed E-state index contributed by atoms with van der Waals surface area (Å²) in [6, 6.07) is 2.26. The Morgan fingerprint density at radius 1 is 1.10 bits per heavy atom. The van der Waals surface area contributed by atoms with E-state index in [-0.39, 0.29) is 24.4 Å². The SMILES string of the molecule is Cc1cc(C(F)(F)F)cc(C)c1N1C=C2C(=O)NC(N3CC4CCC(C3)O4)NC2N1. The van der Waals surface area contributed by atoms with E-state index in [1.54, 1.807) is 25.1 Å². The molecule has 3 saturated heterocycles. The molecule has 3 N–H and O–H groups in total. The molecule has 1 aromatic carbocycles. The van der Waals surface area contributed by atoms with E-state index in [2.05, 4.69) is 21.0 Å². The van der Waals surface area contributed by atoms with Crippen LogP contribution in [-0.4, -0.2) is 48.6 Å². The third kappa shape index (κ3) is 3.37. The van der Waals surface area contributed by atoms with Gasteiger partial charge in [-0.05, 0) is 49.9 Å². The van der Waals surface area contributed by atoms with Gasteiger partial charge in [-0.15, -0.1) is 0 Å². The molecule has 4 aliphatic rings. The standard InChI is InChI=1S/C20H24F3N5O2/c1-10-5-12(20(21,22)23)6-11(2)16(10)28-9-15-17(26-28)24-19(25-18(15)29)27-7-13-3-4-14(8-27)30-13/h5-6,9,13-14,17,19,24,26H,3-4,7-8H2,1-2H3,(H,25,29). The van der Waals surface area contributed by atoms with Crippen LogP contribution in [0, 0.1) is 13.8 Å². The minimum Gasteiger partial charge on any atom is -0.372 e. The molecule has 0 saturated carbocycles. The van der Waals surface area contributed by atoms with Crippen molar-refractivity contribution in [2.75, 3.05) is 18.1 Å². The number of hydrogen-bond donors (Lipinski definition) is 3. The third-order valence-corrected chi connectivity index (χ3v) is 6.20. The van der Waals surface area contributed by atoms with Crippen molar-refractivity contribution in [3.05, 3.63) is 40.6 Å². The minimum atomic E-state index is -4.40. The molecule has 5 rings (SSSR count). The van der Waals surface area contributed by atoms with Crippen molar-refractivity contribution in [3.8, 4) is 0 Å². The zero-order chi connectivity index (χ0) is 21.2. The maximum Gasteiger partial charge on any atom is 0.416 e. The Hall–Kier alpha value is -2.14. The Morgan fingerprint density at radius 3 is 2.33 bits per heavy atom. The van der Waals surface area contributed by atoms with Crippen molar-refractivity contribution in [1.82, 2.24) is 21.0 Å². The lowest BCUT2D eigenvalue weighted by Crippen LogP contribution is -2.69. The zero-order valence-corrected chi connectivity index (χ0v) is 16.7. The van der Waals surface area contributed by atoms with Crippen molar-refractivity contribution in [3.63, 3.8) is 0 Å². The Kier molecular flexibility index (Phi) is 4.58. The molecule has 4 aliphatic heterocycles. The molecule has 10 heteroatoms. The second-order valence-electron chi connectivity index (χ2n) is 8.43. The third-order valence-electron chi connectivity index (χ3n) is 6.20. The number of fused-ring (bicyclic) bond motifs is 3. The van der Waals surface area contributed by atoms with Gasteiger partial charge in [-0.1, -0.05) is 0 Å². The largest absolute Gasteiger partial charge is 0.416 e. The van der Waals surface area contributed by atoms with E-state index < -0.39 is 17.9 Å². The number of rotatable bonds is 2. The van der Waals surface area contributed by atoms with Crippen molar-refractivity contribution in [2.45, 2.75) is 57.5 Å². The number of ether oxygens (including phenoxy) is 1. The number of likely N-dealkylation sites (tertiary alicyclic amines) is 1. The lowest BCUT2D eigenvalue weighted by Gasteiger charge is -2.42. The van der Waals surface area contributed by atoms with Crippen molar-refractivity contribution < 1.29 is 22.7 Å². The summed E-state index contributed by atoms with van der Waals surface area (Å²) in [4.78, 5) is 14.9. The van der Waals surface area contributed by atoms with Crippen LogP contribution in [-0.2, 0) is 15.7 Å². The van der Waals surface area contributed by atoms with Crippen LogP contribution >= 0.6 is 0 Å². The summed E-state index contributed by atoms with van der Waals surface area (Å²) in [7, 11) is 0. The van der Waals surface area contributed by atoms with Gasteiger partial charge in [-0.3, -0.25) is 20.0 Å². The van der Waals surface area contributed by atoms with Crippen LogP contribution < -0.4 is 21.1 Å². The highest BCUT2D eigenvalue weighted by molar-refractivity contribution is 5.97. The number of aryl methyl sites for hydroxylation is 2. The van der Waals surface area contributed by atoms with Gasteiger partial charge in [0.05, 0.1) is 29.0 Å². The number of nitrogens with zero attached hydrogens (tertiary/aromatic N) is 2. The summed E-state index contributed by atoms with van der Waals surface area (Å²) in [6.45, 7) is 4.78. The van der Waals surface area contributed by atoms with Crippen LogP contribution in [0.25, 0.3) is 0 Å². The van der Waals surface area contributed by atoms with Crippen LogP contribution in [0.3, 0.4) is 0 Å². The van der Waals surface area contributed by atoms with Gasteiger partial charge in [0.25, 0.3) is 5.91 Å². The molecule has 4 heterocycles. The molecule has 30 heavy (non-hydrogen) atoms. The average molecular weight is 423 g/mol. The summed E-state index contributed by atoms with van der Waals surface area (Å²) < 4.78 is 45.2. The van der Waals surface area contributed by atoms with E-state index in [1.165, 1.54) is 0 Å². The predicted octanol–water partition coefficient (Wildman–Crippen LogP) is 1.72. The molecular weight excluding hydrogens is 399 g/mol. The minimum absolute atomic E-state index is 0.195. The van der Waals surface area contributed by atoms with Crippen LogP contribution in [0.15, 0.2) is 23.9 Å². The van der Waals surface area contributed by atoms with Gasteiger partial charge in [0.15, 0.2) is 0 Å². The number of morpholine rings is 1. The van der Waals surface area contributed by atoms with E-state index in [0.717, 1.165) is 38.1 Å². The van der Waals surface area contributed by atoms with Gasteiger partial charge in [0.2, 0.25) is 0 Å². The Morgan fingerprint density at radius 2 is 1.73 bits per heavy atom. The first-order valence-corrected chi connectivity index (χ1v) is 10.1. The Labute approximate surface area is 172 Å². The number of hydrogen-bond acceptors (Lipinski definition) is 6. The summed E-state index contributed by atoms with van der Waals surface area (Å²) in [6.07, 6.45) is -1.03. The first-order chi connectivity index (χ1) is 14.2. The van der Waals surface area contributed by atoms with Crippen LogP contribution in [0.5, 0.6) is 0 Å². The molecule has 0 spiro atoms. The summed E-state index contributed by atoms with van der Waals surface area (Å²) in [5, 5.41) is 8.03. The molecule has 0 radical (unpaired) electrons. The van der Waals surface area contributed by atoms with Gasteiger partial charge in [-0.25, -0.2) is 5.43 Å². The number of carbonyl (C=O) groups excluding carboxylic acids is 1. The number of alkyl halides is 3. The summed E-state index contributed by atoms with van der Waals surface area (Å²) in [5.41, 5.74) is 4.61. The topological polar surface area (TPSA) is 68.9 Å². The maximum atomic E-state index is 13.1. The molecule has 7 nitrogen and oxygen atoms in total. The van der Waals surface area contributed by atoms with Crippen LogP contribution in [0.1, 0.15) is 29.5 Å². The lowest BCUT2D eigenvalue weighted by molar-refractivity contribution is -0.137. The molecule has 4 unspecified atom stereocenters. The number of nitrogens with one attached hydrogen (secondary N) is 3. The van der Waals surface area contributed by atoms with E-state index in [1.807, 2.05) is 0 Å². The van der Waals surface area contributed by atoms with Crippen LogP contribution in [0.4, 0.5) is 18.9 Å². The fraction of sp³-hybridized carbons (Fsp3) is 0.550. The van der Waals surface area contributed by atoms with Crippen molar-refractivity contribution in [2.24, 2.45) is 0 Å². The zero-order valence-electron chi connectivity index (χ0n) is 16.7. The lowest BCUT2D eigenvalue weighted by atomic mass is 10.0. The van der Waals surface area contributed by atoms with Gasteiger partial charge in [0.1, 0.15) is 12.5 Å². The molecule has 1 amide bonds. The van der Waals surface area contributed by atoms with E-state index in [9.17, 15) is 18.0 Å². The monoisotopic (exact) mass is 423 g/mol. The number of amides is 1. The number of halogens is 3. The number of carbonyl (C=O) groups is 1. The predicted molar refractivity (Wildman–Crippen MR) is 103 cm³/mol. The van der Waals surface area contributed by atoms with Gasteiger partial charge in [0, 0.05) is 19.3 Å². The maximum absolute atomic E-state index is 13.1. The first kappa shape index (κ1) is 19.8. The quantitative estimate of drug-likeness (QED) is 0.673. The van der Waals surface area contributed by atoms with E-state index in [0.29, 0.717) is 22.4 Å². The molecule has 162 valence electrons. The van der Waals surface area contributed by atoms with Crippen molar-refractivity contribution >= 4 is 11.6 Å². The Bertz CT molecular complexity index is 883. The summed E-state index contributed by atoms with van der Waals surface area (Å²) in [5.74, 6) is -0.195. The van der Waals surface area contributed by atoms with Crippen LogP contribution in [0.2, 0.25) is 0 Å². The van der Waals surface area contributed by atoms with E-state index in [4.69, 9.17) is 4.74 Å². The van der Waals surface area contributed by atoms with E-state index >= 15 is 0 Å². The normalized spacial score (nSPS) is 31.6. The number of anilines is 1. The molecule has 1 aromatic rings. The molecule has 0 aliphatic carbocycles. The second-order valence-corrected chi connectivity index (χ2v) is 8.43. The summed E-state index contributed by atoms with van der Waals surface area (Å²) >= 11 is 0. The number of benzene rings is 1. The fourth-order valence-electron chi connectivity index (χ4n) is 4.87. The van der Waals surface area contributed by atoms with Crippen molar-refractivity contribution in [1.29, 1.82) is 0 Å². The Balaban J connectivity index is 1.36. The second kappa shape index (κ2) is 6.94. The molecule has 2 bridgehead atoms. The number of hydrazine groups is 1.